The molecule has 3 rings (SSSR count). The van der Waals surface area contributed by atoms with Gasteiger partial charge < -0.3 is 4.74 Å². The number of benzene rings is 1. The minimum atomic E-state index is -0.945. The van der Waals surface area contributed by atoms with Gasteiger partial charge in [-0.1, -0.05) is 26.3 Å². The summed E-state index contributed by atoms with van der Waals surface area (Å²) in [5.41, 5.74) is 0.388. The summed E-state index contributed by atoms with van der Waals surface area (Å²) in [5.74, 6) is -1.63. The molecular formula is C18H22N2O5. The van der Waals surface area contributed by atoms with Crippen molar-refractivity contribution in [3.8, 4) is 5.75 Å². The Morgan fingerprint density at radius 3 is 2.36 bits per heavy atom. The van der Waals surface area contributed by atoms with Crippen LogP contribution < -0.4 is 4.74 Å². The molecule has 1 aromatic rings. The molecule has 1 unspecified atom stereocenters. The van der Waals surface area contributed by atoms with E-state index in [1.165, 1.54) is 26.6 Å². The first-order valence-corrected chi connectivity index (χ1v) is 8.24. The van der Waals surface area contributed by atoms with Crippen LogP contribution >= 0.6 is 0 Å². The second-order valence-electron chi connectivity index (χ2n) is 5.92. The fourth-order valence-electron chi connectivity index (χ4n) is 2.86. The molecule has 0 aromatic heterocycles. The molecule has 1 atom stereocenters. The van der Waals surface area contributed by atoms with Crippen molar-refractivity contribution in [2.45, 2.75) is 39.2 Å². The Morgan fingerprint density at radius 1 is 1.12 bits per heavy atom. The lowest BCUT2D eigenvalue weighted by Crippen LogP contribution is -2.54. The monoisotopic (exact) mass is 346 g/mol. The quantitative estimate of drug-likeness (QED) is 0.763. The summed E-state index contributed by atoms with van der Waals surface area (Å²) in [6.45, 7) is 4.25. The van der Waals surface area contributed by atoms with Crippen LogP contribution in [-0.4, -0.2) is 53.6 Å². The summed E-state index contributed by atoms with van der Waals surface area (Å²) in [6.07, 6.45) is 1.52. The SMILES string of the molecule is CCC.COc1cccc2c1C(=O)N(C1CCC(=O)N(C)C1=O)C2=O. The van der Waals surface area contributed by atoms with E-state index in [9.17, 15) is 19.2 Å². The number of carbonyl (C=O) groups is 4. The number of rotatable bonds is 2. The van der Waals surface area contributed by atoms with Gasteiger partial charge in [0.1, 0.15) is 11.8 Å². The number of likely N-dealkylation sites (tertiary alicyclic amines) is 1. The van der Waals surface area contributed by atoms with Crippen LogP contribution in [0.3, 0.4) is 0 Å². The largest absolute Gasteiger partial charge is 0.496 e. The molecule has 0 saturated carbocycles. The molecule has 0 N–H and O–H groups in total. The maximum atomic E-state index is 12.6. The van der Waals surface area contributed by atoms with Crippen molar-refractivity contribution < 1.29 is 23.9 Å². The highest BCUT2D eigenvalue weighted by atomic mass is 16.5. The molecule has 0 aliphatic carbocycles. The fraction of sp³-hybridized carbons (Fsp3) is 0.444. The second kappa shape index (κ2) is 7.46. The van der Waals surface area contributed by atoms with E-state index in [-0.39, 0.29) is 29.9 Å². The Bertz CT molecular complexity index is 728. The van der Waals surface area contributed by atoms with Crippen LogP contribution in [0.4, 0.5) is 0 Å². The van der Waals surface area contributed by atoms with Crippen molar-refractivity contribution in [2.75, 3.05) is 14.2 Å². The number of amides is 4. The first-order chi connectivity index (χ1) is 11.9. The van der Waals surface area contributed by atoms with Crippen molar-refractivity contribution >= 4 is 23.6 Å². The normalized spacial score (nSPS) is 19.6. The molecule has 2 heterocycles. The van der Waals surface area contributed by atoms with Crippen molar-refractivity contribution in [3.63, 3.8) is 0 Å². The van der Waals surface area contributed by atoms with Gasteiger partial charge >= 0.3 is 0 Å². The number of nitrogens with zero attached hydrogens (tertiary/aromatic N) is 2. The fourth-order valence-corrected chi connectivity index (χ4v) is 2.86. The molecule has 134 valence electrons. The van der Waals surface area contributed by atoms with Gasteiger partial charge in [-0.15, -0.1) is 0 Å². The lowest BCUT2D eigenvalue weighted by Gasteiger charge is -2.32. The molecule has 1 saturated heterocycles. The molecule has 2 aliphatic rings. The van der Waals surface area contributed by atoms with E-state index in [0.29, 0.717) is 5.75 Å². The minimum Gasteiger partial charge on any atom is -0.496 e. The van der Waals surface area contributed by atoms with Gasteiger partial charge in [0.2, 0.25) is 5.91 Å². The number of likely N-dealkylation sites (N-methyl/N-ethyl adjacent to an activating group) is 1. The molecule has 7 heteroatoms. The second-order valence-corrected chi connectivity index (χ2v) is 5.92. The molecule has 1 fully saturated rings. The molecule has 25 heavy (non-hydrogen) atoms. The third-order valence-corrected chi connectivity index (χ3v) is 4.06. The average molecular weight is 346 g/mol. The summed E-state index contributed by atoms with van der Waals surface area (Å²) in [4.78, 5) is 50.8. The van der Waals surface area contributed by atoms with Crippen LogP contribution in [0, 0.1) is 0 Å². The number of carbonyl (C=O) groups excluding carboxylic acids is 4. The molecule has 2 aliphatic heterocycles. The van der Waals surface area contributed by atoms with Gasteiger partial charge in [-0.2, -0.15) is 0 Å². The first-order valence-electron chi connectivity index (χ1n) is 8.24. The van der Waals surface area contributed by atoms with E-state index in [1.54, 1.807) is 12.1 Å². The van der Waals surface area contributed by atoms with E-state index >= 15 is 0 Å². The molecule has 0 radical (unpaired) electrons. The van der Waals surface area contributed by atoms with Gasteiger partial charge in [-0.25, -0.2) is 0 Å². The number of imide groups is 2. The highest BCUT2D eigenvalue weighted by Gasteiger charge is 2.47. The lowest BCUT2D eigenvalue weighted by molar-refractivity contribution is -0.149. The molecule has 0 spiro atoms. The Kier molecular flexibility index (Phi) is 5.56. The summed E-state index contributed by atoms with van der Waals surface area (Å²) in [5, 5.41) is 0. The topological polar surface area (TPSA) is 84.0 Å². The summed E-state index contributed by atoms with van der Waals surface area (Å²) >= 11 is 0. The van der Waals surface area contributed by atoms with E-state index in [0.717, 1.165) is 9.80 Å². The van der Waals surface area contributed by atoms with Gasteiger partial charge in [0.05, 0.1) is 18.2 Å². The Morgan fingerprint density at radius 2 is 1.76 bits per heavy atom. The standard InChI is InChI=1S/C15H14N2O5.C3H8/c1-16-11(18)7-6-9(14(16)20)17-13(19)8-4-3-5-10(22-2)12(8)15(17)21;1-3-2/h3-5,9H,6-7H2,1-2H3;3H2,1-2H3. The van der Waals surface area contributed by atoms with Gasteiger partial charge in [-0.05, 0) is 18.6 Å². The zero-order valence-corrected chi connectivity index (χ0v) is 14.9. The summed E-state index contributed by atoms with van der Waals surface area (Å²) in [7, 11) is 2.77. The van der Waals surface area contributed by atoms with Crippen LogP contribution in [-0.2, 0) is 9.59 Å². The van der Waals surface area contributed by atoms with E-state index in [1.807, 2.05) is 0 Å². The maximum Gasteiger partial charge on any atom is 0.266 e. The zero-order chi connectivity index (χ0) is 18.7. The van der Waals surface area contributed by atoms with Crippen molar-refractivity contribution in [1.29, 1.82) is 0 Å². The summed E-state index contributed by atoms with van der Waals surface area (Å²) in [6, 6.07) is 3.79. The van der Waals surface area contributed by atoms with Gasteiger partial charge in [-0.3, -0.25) is 29.0 Å². The molecule has 0 bridgehead atoms. The third-order valence-electron chi connectivity index (χ3n) is 4.06. The predicted octanol–water partition coefficient (Wildman–Crippen LogP) is 1.85. The zero-order valence-electron chi connectivity index (χ0n) is 14.9. The molecule has 7 nitrogen and oxygen atoms in total. The van der Waals surface area contributed by atoms with Crippen molar-refractivity contribution in [1.82, 2.24) is 9.80 Å². The third kappa shape index (κ3) is 3.14. The number of hydrogen-bond acceptors (Lipinski definition) is 5. The maximum absolute atomic E-state index is 12.6. The Balaban J connectivity index is 0.000000701. The highest BCUT2D eigenvalue weighted by Crippen LogP contribution is 2.33. The van der Waals surface area contributed by atoms with Gasteiger partial charge in [0, 0.05) is 13.5 Å². The van der Waals surface area contributed by atoms with Crippen LogP contribution in [0.2, 0.25) is 0 Å². The van der Waals surface area contributed by atoms with Crippen LogP contribution in [0.5, 0.6) is 5.75 Å². The predicted molar refractivity (Wildman–Crippen MR) is 90.3 cm³/mol. The van der Waals surface area contributed by atoms with Crippen molar-refractivity contribution in [2.24, 2.45) is 0 Å². The number of ether oxygens (including phenoxy) is 1. The van der Waals surface area contributed by atoms with E-state index in [2.05, 4.69) is 13.8 Å². The highest BCUT2D eigenvalue weighted by molar-refractivity contribution is 6.24. The van der Waals surface area contributed by atoms with Crippen LogP contribution in [0.15, 0.2) is 18.2 Å². The Labute approximate surface area is 146 Å². The Hall–Kier alpha value is -2.70. The summed E-state index contributed by atoms with van der Waals surface area (Å²) < 4.78 is 5.13. The smallest absolute Gasteiger partial charge is 0.266 e. The number of hydrogen-bond donors (Lipinski definition) is 0. The first kappa shape index (κ1) is 18.6. The van der Waals surface area contributed by atoms with Crippen molar-refractivity contribution in [3.05, 3.63) is 29.3 Å². The molecular weight excluding hydrogens is 324 g/mol. The molecule has 4 amide bonds. The van der Waals surface area contributed by atoms with Gasteiger partial charge in [0.15, 0.2) is 0 Å². The number of piperidine rings is 1. The lowest BCUT2D eigenvalue weighted by atomic mass is 10.0. The molecule has 1 aromatic carbocycles. The average Bonchev–Trinajstić information content (AvgIpc) is 2.85. The number of methoxy groups -OCH3 is 1. The van der Waals surface area contributed by atoms with E-state index in [4.69, 9.17) is 4.74 Å². The van der Waals surface area contributed by atoms with E-state index < -0.39 is 23.8 Å². The van der Waals surface area contributed by atoms with Gasteiger partial charge in [0.25, 0.3) is 17.7 Å². The van der Waals surface area contributed by atoms with Crippen LogP contribution in [0.1, 0.15) is 53.8 Å². The minimum absolute atomic E-state index is 0.122. The van der Waals surface area contributed by atoms with Crippen LogP contribution in [0.25, 0.3) is 0 Å². The number of fused-ring (bicyclic) bond motifs is 1.